The second-order valence-electron chi connectivity index (χ2n) is 4.86. The molecule has 0 spiro atoms. The highest BCUT2D eigenvalue weighted by Crippen LogP contribution is 2.28. The van der Waals surface area contributed by atoms with Crippen molar-refractivity contribution in [3.63, 3.8) is 0 Å². The zero-order valence-corrected chi connectivity index (χ0v) is 11.6. The van der Waals surface area contributed by atoms with Crippen molar-refractivity contribution in [3.8, 4) is 0 Å². The first-order valence-electron chi connectivity index (χ1n) is 6.15. The predicted molar refractivity (Wildman–Crippen MR) is 76.6 cm³/mol. The number of hydrogen-bond acceptors (Lipinski definition) is 3. The zero-order valence-electron chi connectivity index (χ0n) is 10.8. The van der Waals surface area contributed by atoms with Crippen LogP contribution in [0.3, 0.4) is 0 Å². The number of fused-ring (bicyclic) bond motifs is 1. The number of pyridine rings is 1. The minimum absolute atomic E-state index is 0.00772. The monoisotopic (exact) mass is 278 g/mol. The van der Waals surface area contributed by atoms with E-state index < -0.39 is 0 Å². The van der Waals surface area contributed by atoms with Crippen LogP contribution in [0.15, 0.2) is 30.5 Å². The second kappa shape index (κ2) is 5.53. The summed E-state index contributed by atoms with van der Waals surface area (Å²) < 4.78 is 0. The standard InChI is InChI=1S/C14H15ClN2O2/c1-9(2)12(15)8-10-5-6-13(17(18)19)11-4-3-7-16-14(10)11/h3-7,9,12H,8H2,1-2H3. The summed E-state index contributed by atoms with van der Waals surface area (Å²) in [6.07, 6.45) is 2.30. The molecule has 1 aromatic heterocycles. The molecule has 0 aliphatic rings. The molecule has 0 saturated heterocycles. The van der Waals surface area contributed by atoms with Gasteiger partial charge < -0.3 is 0 Å². The smallest absolute Gasteiger partial charge is 0.258 e. The number of nitro benzene ring substituents is 1. The van der Waals surface area contributed by atoms with Crippen molar-refractivity contribution < 1.29 is 4.92 Å². The van der Waals surface area contributed by atoms with Crippen LogP contribution in [0.2, 0.25) is 0 Å². The number of hydrogen-bond donors (Lipinski definition) is 0. The number of non-ortho nitro benzene ring substituents is 1. The van der Waals surface area contributed by atoms with Gasteiger partial charge in [-0.25, -0.2) is 0 Å². The van der Waals surface area contributed by atoms with Gasteiger partial charge in [-0.05, 0) is 36.1 Å². The molecule has 0 aliphatic heterocycles. The molecule has 4 nitrogen and oxygen atoms in total. The van der Waals surface area contributed by atoms with E-state index in [-0.39, 0.29) is 16.0 Å². The van der Waals surface area contributed by atoms with Crippen LogP contribution in [-0.4, -0.2) is 15.3 Å². The molecule has 5 heteroatoms. The Morgan fingerprint density at radius 2 is 2.11 bits per heavy atom. The molecule has 0 N–H and O–H groups in total. The summed E-state index contributed by atoms with van der Waals surface area (Å²) in [5.74, 6) is 0.343. The number of rotatable bonds is 4. The maximum atomic E-state index is 11.0. The van der Waals surface area contributed by atoms with Crippen molar-refractivity contribution in [1.29, 1.82) is 0 Å². The van der Waals surface area contributed by atoms with Gasteiger partial charge in [0.15, 0.2) is 0 Å². The third kappa shape index (κ3) is 2.84. The average Bonchev–Trinajstić information content (AvgIpc) is 2.38. The molecule has 0 saturated carbocycles. The van der Waals surface area contributed by atoms with Crippen LogP contribution >= 0.6 is 11.6 Å². The Labute approximate surface area is 116 Å². The van der Waals surface area contributed by atoms with Crippen LogP contribution < -0.4 is 0 Å². The summed E-state index contributed by atoms with van der Waals surface area (Å²) in [4.78, 5) is 14.9. The van der Waals surface area contributed by atoms with E-state index in [9.17, 15) is 10.1 Å². The third-order valence-corrected chi connectivity index (χ3v) is 3.82. The highest BCUT2D eigenvalue weighted by molar-refractivity contribution is 6.21. The number of aromatic nitrogens is 1. The summed E-state index contributed by atoms with van der Waals surface area (Å²) in [5.41, 5.74) is 1.71. The van der Waals surface area contributed by atoms with E-state index in [1.165, 1.54) is 6.07 Å². The average molecular weight is 279 g/mol. The zero-order chi connectivity index (χ0) is 14.0. The quantitative estimate of drug-likeness (QED) is 0.483. The summed E-state index contributed by atoms with van der Waals surface area (Å²) in [7, 11) is 0. The SMILES string of the molecule is CC(C)C(Cl)Cc1ccc([N+](=O)[O-])c2cccnc12. The van der Waals surface area contributed by atoms with Crippen molar-refractivity contribution in [2.24, 2.45) is 5.92 Å². The first kappa shape index (κ1) is 13.7. The van der Waals surface area contributed by atoms with Gasteiger partial charge in [0.2, 0.25) is 0 Å². The van der Waals surface area contributed by atoms with Crippen molar-refractivity contribution in [3.05, 3.63) is 46.1 Å². The van der Waals surface area contributed by atoms with E-state index in [4.69, 9.17) is 11.6 Å². The van der Waals surface area contributed by atoms with Gasteiger partial charge in [0.25, 0.3) is 5.69 Å². The van der Waals surface area contributed by atoms with Crippen molar-refractivity contribution in [2.45, 2.75) is 25.6 Å². The lowest BCUT2D eigenvalue weighted by Crippen LogP contribution is -2.11. The molecule has 1 unspecified atom stereocenters. The normalized spacial score (nSPS) is 12.8. The maximum Gasteiger partial charge on any atom is 0.278 e. The van der Waals surface area contributed by atoms with Crippen LogP contribution in [0.5, 0.6) is 0 Å². The highest BCUT2D eigenvalue weighted by Gasteiger charge is 2.18. The molecular weight excluding hydrogens is 264 g/mol. The van der Waals surface area contributed by atoms with Gasteiger partial charge in [-0.15, -0.1) is 11.6 Å². The third-order valence-electron chi connectivity index (χ3n) is 3.17. The molecule has 0 radical (unpaired) electrons. The van der Waals surface area contributed by atoms with Crippen molar-refractivity contribution in [2.75, 3.05) is 0 Å². The van der Waals surface area contributed by atoms with Crippen molar-refractivity contribution >= 4 is 28.2 Å². The lowest BCUT2D eigenvalue weighted by molar-refractivity contribution is -0.383. The van der Waals surface area contributed by atoms with Crippen LogP contribution in [0, 0.1) is 16.0 Å². The summed E-state index contributed by atoms with van der Waals surface area (Å²) >= 11 is 6.29. The van der Waals surface area contributed by atoms with Crippen LogP contribution in [0.25, 0.3) is 10.9 Å². The van der Waals surface area contributed by atoms with E-state index >= 15 is 0 Å². The first-order chi connectivity index (χ1) is 9.00. The summed E-state index contributed by atoms with van der Waals surface area (Å²) in [5, 5.41) is 11.6. The number of benzene rings is 1. The van der Waals surface area contributed by atoms with E-state index in [0.717, 1.165) is 5.56 Å². The largest absolute Gasteiger partial charge is 0.278 e. The number of nitro groups is 1. The fraction of sp³-hybridized carbons (Fsp3) is 0.357. The van der Waals surface area contributed by atoms with Gasteiger partial charge in [0, 0.05) is 17.6 Å². The summed E-state index contributed by atoms with van der Waals surface area (Å²) in [6, 6.07) is 6.72. The Bertz CT molecular complexity index is 613. The Hall–Kier alpha value is -1.68. The summed E-state index contributed by atoms with van der Waals surface area (Å²) in [6.45, 7) is 4.11. The molecule has 0 bridgehead atoms. The fourth-order valence-corrected chi connectivity index (χ4v) is 2.15. The fourth-order valence-electron chi connectivity index (χ4n) is 1.99. The second-order valence-corrected chi connectivity index (χ2v) is 5.43. The Balaban J connectivity index is 2.53. The van der Waals surface area contributed by atoms with E-state index in [1.807, 2.05) is 0 Å². The highest BCUT2D eigenvalue weighted by atomic mass is 35.5. The lowest BCUT2D eigenvalue weighted by Gasteiger charge is -2.14. The van der Waals surface area contributed by atoms with Gasteiger partial charge in [-0.2, -0.15) is 0 Å². The molecule has 2 rings (SSSR count). The molecule has 2 aromatic rings. The molecular formula is C14H15ClN2O2. The molecule has 100 valence electrons. The molecule has 1 atom stereocenters. The Morgan fingerprint density at radius 1 is 1.37 bits per heavy atom. The number of halogens is 1. The number of nitrogens with zero attached hydrogens (tertiary/aromatic N) is 2. The van der Waals surface area contributed by atoms with Crippen LogP contribution in [0.1, 0.15) is 19.4 Å². The van der Waals surface area contributed by atoms with Gasteiger partial charge >= 0.3 is 0 Å². The van der Waals surface area contributed by atoms with Gasteiger partial charge in [-0.1, -0.05) is 13.8 Å². The van der Waals surface area contributed by atoms with Crippen molar-refractivity contribution in [1.82, 2.24) is 4.98 Å². The Morgan fingerprint density at radius 3 is 2.74 bits per heavy atom. The molecule has 0 fully saturated rings. The van der Waals surface area contributed by atoms with Gasteiger partial charge in [-0.3, -0.25) is 15.1 Å². The molecule has 1 aromatic carbocycles. The van der Waals surface area contributed by atoms with Gasteiger partial charge in [0.1, 0.15) is 0 Å². The first-order valence-corrected chi connectivity index (χ1v) is 6.59. The van der Waals surface area contributed by atoms with Gasteiger partial charge in [0.05, 0.1) is 15.8 Å². The van der Waals surface area contributed by atoms with Crippen LogP contribution in [0.4, 0.5) is 5.69 Å². The maximum absolute atomic E-state index is 11.0. The van der Waals surface area contributed by atoms with E-state index in [0.29, 0.717) is 23.2 Å². The van der Waals surface area contributed by atoms with E-state index in [1.54, 1.807) is 24.4 Å². The minimum atomic E-state index is -0.381. The molecule has 0 aliphatic carbocycles. The lowest BCUT2D eigenvalue weighted by atomic mass is 9.99. The molecule has 19 heavy (non-hydrogen) atoms. The Kier molecular flexibility index (Phi) is 4.00. The minimum Gasteiger partial charge on any atom is -0.258 e. The number of alkyl halides is 1. The topological polar surface area (TPSA) is 56.0 Å². The molecule has 0 amide bonds. The molecule has 1 heterocycles. The van der Waals surface area contributed by atoms with Crippen LogP contribution in [-0.2, 0) is 6.42 Å². The predicted octanol–water partition coefficient (Wildman–Crippen LogP) is 3.95. The van der Waals surface area contributed by atoms with E-state index in [2.05, 4.69) is 18.8 Å².